The number of aromatic nitrogens is 8. The predicted octanol–water partition coefficient (Wildman–Crippen LogP) is 1.40. The largest absolute Gasteiger partial charge is 0.408 e. The van der Waals surface area contributed by atoms with Crippen LogP contribution in [0.15, 0.2) is 40.6 Å². The molecule has 1 unspecified atom stereocenters. The quantitative estimate of drug-likeness (QED) is 0.358. The Morgan fingerprint density at radius 1 is 1.22 bits per heavy atom. The van der Waals surface area contributed by atoms with Gasteiger partial charge in [-0.1, -0.05) is 0 Å². The van der Waals surface area contributed by atoms with Gasteiger partial charge < -0.3 is 14.8 Å². The van der Waals surface area contributed by atoms with Gasteiger partial charge in [0.25, 0.3) is 5.56 Å². The SMILES string of the molecule is CC(C(=O)Nc1ccnc(-c2cnc(N3CCC[C@@H]3C(F)(F)F)nc2)n1)n1cnc2c1c(=O)n(CC#N)c(=O)n2C. The van der Waals surface area contributed by atoms with Crippen LogP contribution in [-0.2, 0) is 18.4 Å². The molecule has 1 aliphatic rings. The lowest BCUT2D eigenvalue weighted by Gasteiger charge is -2.26. The van der Waals surface area contributed by atoms with Crippen LogP contribution in [-0.4, -0.2) is 63.3 Å². The number of amides is 1. The van der Waals surface area contributed by atoms with E-state index in [1.165, 1.54) is 49.5 Å². The Labute approximate surface area is 228 Å². The molecule has 5 heterocycles. The minimum atomic E-state index is -4.39. The first-order valence-corrected chi connectivity index (χ1v) is 12.3. The van der Waals surface area contributed by atoms with Crippen molar-refractivity contribution in [1.82, 2.24) is 38.6 Å². The number of nitrogens with zero attached hydrogens (tertiary/aromatic N) is 10. The molecule has 0 saturated carbocycles. The summed E-state index contributed by atoms with van der Waals surface area (Å²) in [6.45, 7) is 1.23. The lowest BCUT2D eigenvalue weighted by atomic mass is 10.2. The van der Waals surface area contributed by atoms with Gasteiger partial charge in [0.05, 0.1) is 18.0 Å². The van der Waals surface area contributed by atoms with Crippen LogP contribution in [0.2, 0.25) is 0 Å². The molecular weight excluding hydrogens is 547 g/mol. The van der Waals surface area contributed by atoms with E-state index in [2.05, 4.69) is 30.2 Å². The van der Waals surface area contributed by atoms with Crippen LogP contribution in [0.1, 0.15) is 25.8 Å². The first-order valence-electron chi connectivity index (χ1n) is 12.3. The van der Waals surface area contributed by atoms with Gasteiger partial charge >= 0.3 is 11.9 Å². The van der Waals surface area contributed by atoms with E-state index < -0.39 is 42.0 Å². The lowest BCUT2D eigenvalue weighted by molar-refractivity contribution is -0.146. The van der Waals surface area contributed by atoms with Crippen molar-refractivity contribution in [3.8, 4) is 17.5 Å². The fourth-order valence-corrected chi connectivity index (χ4v) is 4.65. The molecule has 0 aromatic carbocycles. The molecule has 0 aliphatic carbocycles. The topological polar surface area (TPSA) is 170 Å². The standard InChI is InChI=1S/C24H22F3N11O3/c1-13(38-12-32-19-17(38)21(40)37(9-6-28)23(41)35(19)2)20(39)34-16-5-7-29-18(33-16)14-10-30-22(31-11-14)36-8-3-4-15(36)24(25,26)27/h5,7,10-13,15H,3-4,8-9H2,1-2H3,(H,29,33,34,39)/t13?,15-/m1/s1. The zero-order chi connectivity index (χ0) is 29.5. The zero-order valence-electron chi connectivity index (χ0n) is 21.7. The number of anilines is 2. The molecule has 212 valence electrons. The summed E-state index contributed by atoms with van der Waals surface area (Å²) in [6.07, 6.45) is 1.21. The van der Waals surface area contributed by atoms with Gasteiger partial charge in [0.15, 0.2) is 17.0 Å². The third-order valence-electron chi connectivity index (χ3n) is 6.77. The molecule has 1 aliphatic heterocycles. The van der Waals surface area contributed by atoms with E-state index in [-0.39, 0.29) is 41.7 Å². The van der Waals surface area contributed by atoms with E-state index in [0.717, 1.165) is 14.0 Å². The first kappa shape index (κ1) is 27.4. The molecule has 1 saturated heterocycles. The van der Waals surface area contributed by atoms with Gasteiger partial charge in [0.2, 0.25) is 11.9 Å². The zero-order valence-corrected chi connectivity index (χ0v) is 21.7. The van der Waals surface area contributed by atoms with E-state index in [9.17, 15) is 27.6 Å². The Balaban J connectivity index is 1.37. The Morgan fingerprint density at radius 3 is 2.63 bits per heavy atom. The first-order chi connectivity index (χ1) is 19.5. The molecule has 1 fully saturated rings. The molecule has 5 rings (SSSR count). The highest BCUT2D eigenvalue weighted by molar-refractivity contribution is 5.93. The Hall–Kier alpha value is -5.14. The fraction of sp³-hybridized carbons (Fsp3) is 0.375. The summed E-state index contributed by atoms with van der Waals surface area (Å²) < 4.78 is 43.1. The van der Waals surface area contributed by atoms with Crippen molar-refractivity contribution in [2.45, 2.75) is 44.6 Å². The molecule has 4 aromatic rings. The smallest absolute Gasteiger partial charge is 0.329 e. The summed E-state index contributed by atoms with van der Waals surface area (Å²) >= 11 is 0. The van der Waals surface area contributed by atoms with E-state index in [0.29, 0.717) is 12.0 Å². The second-order valence-corrected chi connectivity index (χ2v) is 9.31. The van der Waals surface area contributed by atoms with Gasteiger partial charge in [-0.2, -0.15) is 18.4 Å². The molecule has 4 aromatic heterocycles. The van der Waals surface area contributed by atoms with Gasteiger partial charge in [-0.05, 0) is 25.8 Å². The van der Waals surface area contributed by atoms with Crippen LogP contribution >= 0.6 is 0 Å². The number of hydrogen-bond acceptors (Lipinski definition) is 10. The van der Waals surface area contributed by atoms with Crippen LogP contribution in [0.4, 0.5) is 24.9 Å². The summed E-state index contributed by atoms with van der Waals surface area (Å²) in [7, 11) is 1.40. The molecule has 41 heavy (non-hydrogen) atoms. The molecule has 2 atom stereocenters. The Kier molecular flexibility index (Phi) is 6.99. The van der Waals surface area contributed by atoms with Crippen LogP contribution in [0.5, 0.6) is 0 Å². The normalized spacial score (nSPS) is 16.1. The fourth-order valence-electron chi connectivity index (χ4n) is 4.65. The monoisotopic (exact) mass is 569 g/mol. The van der Waals surface area contributed by atoms with E-state index in [1.807, 2.05) is 0 Å². The average Bonchev–Trinajstić information content (AvgIpc) is 3.62. The number of nitrogens with one attached hydrogen (secondary N) is 1. The maximum absolute atomic E-state index is 13.3. The number of carbonyl (C=O) groups is 1. The maximum atomic E-state index is 13.3. The number of halogens is 3. The van der Waals surface area contributed by atoms with E-state index in [1.54, 1.807) is 6.07 Å². The molecule has 1 N–H and O–H groups in total. The summed E-state index contributed by atoms with van der Waals surface area (Å²) in [5.74, 6) is -0.400. The number of hydrogen-bond donors (Lipinski definition) is 1. The van der Waals surface area contributed by atoms with Crippen molar-refractivity contribution in [2.24, 2.45) is 7.05 Å². The lowest BCUT2D eigenvalue weighted by Crippen LogP contribution is -2.42. The van der Waals surface area contributed by atoms with Crippen molar-refractivity contribution in [1.29, 1.82) is 5.26 Å². The highest BCUT2D eigenvalue weighted by Crippen LogP contribution is 2.34. The summed E-state index contributed by atoms with van der Waals surface area (Å²) in [5.41, 5.74) is -1.13. The number of fused-ring (bicyclic) bond motifs is 1. The molecule has 0 radical (unpaired) electrons. The predicted molar refractivity (Wildman–Crippen MR) is 138 cm³/mol. The van der Waals surface area contributed by atoms with Gasteiger partial charge in [-0.3, -0.25) is 14.2 Å². The minimum absolute atomic E-state index is 0.0269. The minimum Gasteiger partial charge on any atom is -0.329 e. The second kappa shape index (κ2) is 10.4. The summed E-state index contributed by atoms with van der Waals surface area (Å²) in [6, 6.07) is 0.571. The van der Waals surface area contributed by atoms with Gasteiger partial charge in [-0.15, -0.1) is 0 Å². The van der Waals surface area contributed by atoms with Crippen LogP contribution in [0.25, 0.3) is 22.6 Å². The third-order valence-corrected chi connectivity index (χ3v) is 6.77. The number of rotatable bonds is 6. The number of nitriles is 1. The van der Waals surface area contributed by atoms with Gasteiger partial charge in [0.1, 0.15) is 24.4 Å². The summed E-state index contributed by atoms with van der Waals surface area (Å²) in [5, 5.41) is 11.6. The molecule has 17 heteroatoms. The highest BCUT2D eigenvalue weighted by Gasteiger charge is 2.46. The molecule has 1 amide bonds. The molecule has 0 bridgehead atoms. The molecular formula is C24H22F3N11O3. The third kappa shape index (κ3) is 4.99. The Bertz CT molecular complexity index is 1790. The van der Waals surface area contributed by atoms with Crippen LogP contribution in [0.3, 0.4) is 0 Å². The number of carbonyl (C=O) groups excluding carboxylic acids is 1. The number of imidazole rings is 1. The number of alkyl halides is 3. The second-order valence-electron chi connectivity index (χ2n) is 9.31. The van der Waals surface area contributed by atoms with E-state index in [4.69, 9.17) is 5.26 Å². The van der Waals surface area contributed by atoms with E-state index >= 15 is 0 Å². The van der Waals surface area contributed by atoms with Crippen LogP contribution < -0.4 is 21.5 Å². The van der Waals surface area contributed by atoms with Crippen molar-refractivity contribution in [2.75, 3.05) is 16.8 Å². The van der Waals surface area contributed by atoms with Crippen molar-refractivity contribution < 1.29 is 18.0 Å². The maximum Gasteiger partial charge on any atom is 0.408 e. The van der Waals surface area contributed by atoms with Crippen molar-refractivity contribution in [3.63, 3.8) is 0 Å². The van der Waals surface area contributed by atoms with Crippen molar-refractivity contribution in [3.05, 3.63) is 51.8 Å². The Morgan fingerprint density at radius 2 is 1.95 bits per heavy atom. The summed E-state index contributed by atoms with van der Waals surface area (Å²) in [4.78, 5) is 60.3. The molecule has 14 nitrogen and oxygen atoms in total. The highest BCUT2D eigenvalue weighted by atomic mass is 19.4. The van der Waals surface area contributed by atoms with Crippen molar-refractivity contribution >= 4 is 28.8 Å². The molecule has 0 spiro atoms. The van der Waals surface area contributed by atoms with Crippen LogP contribution in [0, 0.1) is 11.3 Å². The average molecular weight is 570 g/mol. The van der Waals surface area contributed by atoms with Gasteiger partial charge in [-0.25, -0.2) is 34.3 Å². The van der Waals surface area contributed by atoms with Gasteiger partial charge in [0, 0.05) is 32.2 Å². The number of aryl methyl sites for hydroxylation is 1.